The van der Waals surface area contributed by atoms with Crippen LogP contribution in [-0.2, 0) is 4.79 Å². The fraction of sp³-hybridized carbons (Fsp3) is 0.955. The Balaban J connectivity index is 1.69. The second-order valence-corrected chi connectivity index (χ2v) is 10.6. The van der Waals surface area contributed by atoms with Crippen molar-refractivity contribution in [1.82, 2.24) is 5.32 Å². The molecule has 1 aliphatic heterocycles. The summed E-state index contributed by atoms with van der Waals surface area (Å²) in [5.41, 5.74) is 0.996. The Hall–Kier alpha value is -0.530. The van der Waals surface area contributed by atoms with Crippen molar-refractivity contribution >= 4 is 5.91 Å². The minimum atomic E-state index is 0.125. The lowest BCUT2D eigenvalue weighted by Gasteiger charge is -2.65. The minimum absolute atomic E-state index is 0.125. The molecule has 7 atom stereocenters. The lowest BCUT2D eigenvalue weighted by molar-refractivity contribution is -0.164. The van der Waals surface area contributed by atoms with Gasteiger partial charge in [0.25, 0.3) is 0 Å². The summed E-state index contributed by atoms with van der Waals surface area (Å²) in [7, 11) is 0. The van der Waals surface area contributed by atoms with Crippen LogP contribution in [0.5, 0.6) is 0 Å². The number of rotatable bonds is 1. The molecule has 1 amide bonds. The second-order valence-electron chi connectivity index (χ2n) is 10.6. The molecule has 3 aliphatic carbocycles. The largest absolute Gasteiger partial charge is 0.353 e. The van der Waals surface area contributed by atoms with E-state index in [1.54, 1.807) is 0 Å². The smallest absolute Gasteiger partial charge is 0.220 e. The van der Waals surface area contributed by atoms with Crippen LogP contribution in [-0.4, -0.2) is 11.9 Å². The fourth-order valence-electron chi connectivity index (χ4n) is 8.16. The second kappa shape index (κ2) is 5.24. The zero-order chi connectivity index (χ0) is 17.3. The summed E-state index contributed by atoms with van der Waals surface area (Å²) in [5, 5.41) is 3.40. The van der Waals surface area contributed by atoms with Crippen LogP contribution < -0.4 is 5.32 Å². The predicted octanol–water partition coefficient (Wildman–Crippen LogP) is 5.17. The summed E-state index contributed by atoms with van der Waals surface area (Å²) in [5.74, 6) is 3.88. The van der Waals surface area contributed by atoms with Crippen LogP contribution in [0.15, 0.2) is 0 Å². The van der Waals surface area contributed by atoms with Crippen LogP contribution in [0.3, 0.4) is 0 Å². The average Bonchev–Trinajstić information content (AvgIpc) is 2.84. The topological polar surface area (TPSA) is 29.1 Å². The van der Waals surface area contributed by atoms with E-state index in [1.165, 1.54) is 44.9 Å². The van der Waals surface area contributed by atoms with Gasteiger partial charge in [0.05, 0.1) is 0 Å². The van der Waals surface area contributed by atoms with Crippen molar-refractivity contribution in [3.05, 3.63) is 0 Å². The van der Waals surface area contributed by atoms with Crippen LogP contribution in [0, 0.1) is 39.9 Å². The Morgan fingerprint density at radius 2 is 1.75 bits per heavy atom. The van der Waals surface area contributed by atoms with Crippen molar-refractivity contribution < 1.29 is 4.79 Å². The Kier molecular flexibility index (Phi) is 3.69. The van der Waals surface area contributed by atoms with E-state index < -0.39 is 0 Å². The lowest BCUT2D eigenvalue weighted by Crippen LogP contribution is -2.67. The molecule has 2 nitrogen and oxygen atoms in total. The van der Waals surface area contributed by atoms with Crippen LogP contribution in [0.2, 0.25) is 0 Å². The third-order valence-corrected chi connectivity index (χ3v) is 9.81. The van der Waals surface area contributed by atoms with Gasteiger partial charge in [-0.3, -0.25) is 4.79 Å². The molecule has 4 rings (SSSR count). The first-order chi connectivity index (χ1) is 11.2. The first kappa shape index (κ1) is 16.9. The van der Waals surface area contributed by atoms with Crippen molar-refractivity contribution in [1.29, 1.82) is 0 Å². The van der Waals surface area contributed by atoms with E-state index in [1.807, 2.05) is 0 Å². The molecular weight excluding hydrogens is 294 g/mol. The van der Waals surface area contributed by atoms with Gasteiger partial charge in [0, 0.05) is 12.5 Å². The number of hydrogen-bond donors (Lipinski definition) is 1. The monoisotopic (exact) mass is 331 g/mol. The highest BCUT2D eigenvalue weighted by molar-refractivity contribution is 5.78. The van der Waals surface area contributed by atoms with Gasteiger partial charge in [-0.1, -0.05) is 41.0 Å². The first-order valence-electron chi connectivity index (χ1n) is 10.5. The number of carbonyl (C=O) groups is 1. The Morgan fingerprint density at radius 3 is 2.46 bits per heavy atom. The van der Waals surface area contributed by atoms with Crippen molar-refractivity contribution in [2.45, 2.75) is 92.0 Å². The highest BCUT2D eigenvalue weighted by Crippen LogP contribution is 2.68. The maximum atomic E-state index is 12.2. The van der Waals surface area contributed by atoms with Gasteiger partial charge in [-0.05, 0) is 78.4 Å². The van der Waals surface area contributed by atoms with Gasteiger partial charge in [0.2, 0.25) is 5.91 Å². The highest BCUT2D eigenvalue weighted by Gasteiger charge is 2.64. The van der Waals surface area contributed by atoms with Crippen LogP contribution in [0.1, 0.15) is 86.0 Å². The maximum absolute atomic E-state index is 12.2. The van der Waals surface area contributed by atoms with Crippen LogP contribution in [0.25, 0.3) is 0 Å². The molecule has 0 radical (unpaired) electrons. The van der Waals surface area contributed by atoms with Gasteiger partial charge in [-0.2, -0.15) is 0 Å². The van der Waals surface area contributed by atoms with Gasteiger partial charge in [0.15, 0.2) is 0 Å². The van der Waals surface area contributed by atoms with Gasteiger partial charge in [0.1, 0.15) is 0 Å². The summed E-state index contributed by atoms with van der Waals surface area (Å²) in [6.45, 7) is 12.3. The summed E-state index contributed by atoms with van der Waals surface area (Å²) in [6.07, 6.45) is 10.4. The zero-order valence-electron chi connectivity index (χ0n) is 16.5. The zero-order valence-corrected chi connectivity index (χ0v) is 16.5. The molecule has 1 N–H and O–H groups in total. The molecular formula is C22H37NO. The predicted molar refractivity (Wildman–Crippen MR) is 98.5 cm³/mol. The molecule has 136 valence electrons. The molecule has 0 aromatic heterocycles. The standard InChI is InChI=1S/C22H37NO/c1-6-14-7-9-16-15-8-10-18-22(5,17(15)11-12-21(14,16)4)20(2,3)13-19(24)23-18/h14-18H,6-13H2,1-5H3,(H,23,24)/t14-,15-,16-,17-,18+,21+,22+/m0/s1. The van der Waals surface area contributed by atoms with Crippen molar-refractivity contribution in [2.24, 2.45) is 39.9 Å². The quantitative estimate of drug-likeness (QED) is 0.705. The molecule has 24 heavy (non-hydrogen) atoms. The Morgan fingerprint density at radius 1 is 1.00 bits per heavy atom. The molecule has 2 heteroatoms. The molecule has 0 aromatic carbocycles. The van der Waals surface area contributed by atoms with E-state index in [4.69, 9.17) is 0 Å². The number of amides is 1. The maximum Gasteiger partial charge on any atom is 0.220 e. The van der Waals surface area contributed by atoms with E-state index in [-0.39, 0.29) is 16.7 Å². The number of piperidine rings is 1. The third kappa shape index (κ3) is 1.98. The minimum Gasteiger partial charge on any atom is -0.353 e. The van der Waals surface area contributed by atoms with E-state index >= 15 is 0 Å². The molecule has 0 unspecified atom stereocenters. The molecule has 1 heterocycles. The number of fused-ring (bicyclic) bond motifs is 5. The summed E-state index contributed by atoms with van der Waals surface area (Å²) >= 11 is 0. The van der Waals surface area contributed by atoms with E-state index in [0.717, 1.165) is 23.7 Å². The first-order valence-corrected chi connectivity index (χ1v) is 10.5. The van der Waals surface area contributed by atoms with Crippen LogP contribution in [0.4, 0.5) is 0 Å². The molecule has 0 bridgehead atoms. The number of carbonyl (C=O) groups excluding carboxylic acids is 1. The molecule has 0 aromatic rings. The Bertz CT molecular complexity index is 540. The fourth-order valence-corrected chi connectivity index (χ4v) is 8.16. The Labute approximate surface area is 148 Å². The number of hydrogen-bond acceptors (Lipinski definition) is 1. The normalized spacial score (nSPS) is 52.9. The van der Waals surface area contributed by atoms with Gasteiger partial charge in [-0.25, -0.2) is 0 Å². The SMILES string of the molecule is CC[C@H]1CC[C@H]2[C@@H]3CC[C@H]4NC(=O)CC(C)(C)[C@]4(C)[C@H]3CC[C@]12C. The molecule has 1 saturated heterocycles. The van der Waals surface area contributed by atoms with E-state index in [2.05, 4.69) is 39.9 Å². The van der Waals surface area contributed by atoms with E-state index in [9.17, 15) is 4.79 Å². The average molecular weight is 332 g/mol. The van der Waals surface area contributed by atoms with Crippen LogP contribution >= 0.6 is 0 Å². The molecule has 0 spiro atoms. The lowest BCUT2D eigenvalue weighted by atomic mass is 9.42. The van der Waals surface area contributed by atoms with Gasteiger partial charge >= 0.3 is 0 Å². The molecule has 4 aliphatic rings. The molecule has 4 fully saturated rings. The summed E-state index contributed by atoms with van der Waals surface area (Å²) in [4.78, 5) is 12.2. The van der Waals surface area contributed by atoms with Crippen molar-refractivity contribution in [3.8, 4) is 0 Å². The third-order valence-electron chi connectivity index (χ3n) is 9.81. The molecule has 3 saturated carbocycles. The van der Waals surface area contributed by atoms with Crippen molar-refractivity contribution in [2.75, 3.05) is 0 Å². The highest BCUT2D eigenvalue weighted by atomic mass is 16.1. The van der Waals surface area contributed by atoms with Gasteiger partial charge in [-0.15, -0.1) is 0 Å². The van der Waals surface area contributed by atoms with E-state index in [0.29, 0.717) is 17.9 Å². The van der Waals surface area contributed by atoms with Crippen molar-refractivity contribution in [3.63, 3.8) is 0 Å². The summed E-state index contributed by atoms with van der Waals surface area (Å²) < 4.78 is 0. The van der Waals surface area contributed by atoms with Gasteiger partial charge < -0.3 is 5.32 Å². The summed E-state index contributed by atoms with van der Waals surface area (Å²) in [6, 6.07) is 0.405. The number of nitrogens with one attached hydrogen (secondary N) is 1.